The Morgan fingerprint density at radius 3 is 2.21 bits per heavy atom. The van der Waals surface area contributed by atoms with E-state index in [1.54, 1.807) is 0 Å². The number of likely N-dealkylation sites (tertiary alicyclic amines) is 1. The highest BCUT2D eigenvalue weighted by Crippen LogP contribution is 2.22. The van der Waals surface area contributed by atoms with Crippen LogP contribution in [0.15, 0.2) is 24.3 Å². The van der Waals surface area contributed by atoms with Crippen LogP contribution in [-0.4, -0.2) is 31.1 Å². The molecule has 1 saturated heterocycles. The Kier molecular flexibility index (Phi) is 4.51. The number of hydrogen-bond donors (Lipinski definition) is 1. The number of nitrogens with zero attached hydrogens (tertiary/aromatic N) is 1. The molecule has 0 radical (unpaired) electrons. The van der Waals surface area contributed by atoms with Gasteiger partial charge < -0.3 is 10.2 Å². The molecule has 1 aromatic rings. The van der Waals surface area contributed by atoms with E-state index >= 15 is 0 Å². The van der Waals surface area contributed by atoms with Gasteiger partial charge in [0, 0.05) is 11.7 Å². The third-order valence-electron chi connectivity index (χ3n) is 3.78. The Labute approximate surface area is 118 Å². The number of piperidine rings is 1. The zero-order valence-electron chi connectivity index (χ0n) is 12.9. The minimum atomic E-state index is 0.364. The van der Waals surface area contributed by atoms with Gasteiger partial charge in [-0.25, -0.2) is 0 Å². The van der Waals surface area contributed by atoms with Gasteiger partial charge in [0.1, 0.15) is 0 Å². The lowest BCUT2D eigenvalue weighted by atomic mass is 9.88. The molecule has 1 aromatic carbocycles. The molecule has 1 fully saturated rings. The fraction of sp³-hybridized carbons (Fsp3) is 0.647. The molecule has 0 aromatic heterocycles. The summed E-state index contributed by atoms with van der Waals surface area (Å²) >= 11 is 0. The van der Waals surface area contributed by atoms with E-state index in [4.69, 9.17) is 0 Å². The van der Waals surface area contributed by atoms with Gasteiger partial charge in [0.15, 0.2) is 0 Å². The number of benzene rings is 1. The largest absolute Gasteiger partial charge is 0.382 e. The predicted molar refractivity (Wildman–Crippen MR) is 83.7 cm³/mol. The van der Waals surface area contributed by atoms with Crippen molar-refractivity contribution in [1.29, 1.82) is 0 Å². The highest BCUT2D eigenvalue weighted by Gasteiger charge is 2.16. The lowest BCUT2D eigenvalue weighted by molar-refractivity contribution is 0.264. The Balaban J connectivity index is 1.88. The van der Waals surface area contributed by atoms with Gasteiger partial charge in [0.25, 0.3) is 0 Å². The zero-order chi connectivity index (χ0) is 13.9. The SMILES string of the molecule is CN1CCC(Nc2ccc(CC(C)(C)C)cc2)CC1. The fourth-order valence-corrected chi connectivity index (χ4v) is 2.72. The third-order valence-corrected chi connectivity index (χ3v) is 3.78. The van der Waals surface area contributed by atoms with Crippen LogP contribution in [0.5, 0.6) is 0 Å². The minimum absolute atomic E-state index is 0.364. The summed E-state index contributed by atoms with van der Waals surface area (Å²) in [6, 6.07) is 9.65. The first-order chi connectivity index (χ1) is 8.92. The molecule has 2 nitrogen and oxygen atoms in total. The molecule has 1 N–H and O–H groups in total. The molecule has 0 spiro atoms. The standard InChI is InChI=1S/C17H28N2/c1-17(2,3)13-14-5-7-15(8-6-14)18-16-9-11-19(4)12-10-16/h5-8,16,18H,9-13H2,1-4H3. The highest BCUT2D eigenvalue weighted by molar-refractivity contribution is 5.45. The van der Waals surface area contributed by atoms with E-state index in [-0.39, 0.29) is 0 Å². The summed E-state index contributed by atoms with van der Waals surface area (Å²) in [4.78, 5) is 2.41. The van der Waals surface area contributed by atoms with Gasteiger partial charge in [-0.2, -0.15) is 0 Å². The number of anilines is 1. The van der Waals surface area contributed by atoms with Crippen LogP contribution in [0.4, 0.5) is 5.69 Å². The number of nitrogens with one attached hydrogen (secondary N) is 1. The molecule has 2 rings (SSSR count). The summed E-state index contributed by atoms with van der Waals surface area (Å²) in [6.45, 7) is 9.28. The number of rotatable bonds is 3. The maximum atomic E-state index is 3.66. The monoisotopic (exact) mass is 260 g/mol. The second-order valence-electron chi connectivity index (χ2n) is 7.16. The average molecular weight is 260 g/mol. The second kappa shape index (κ2) is 5.96. The normalized spacial score (nSPS) is 18.5. The van der Waals surface area contributed by atoms with E-state index in [1.807, 2.05) is 0 Å². The summed E-state index contributed by atoms with van der Waals surface area (Å²) in [5, 5.41) is 3.66. The molecule has 0 saturated carbocycles. The zero-order valence-corrected chi connectivity index (χ0v) is 12.9. The van der Waals surface area contributed by atoms with Crippen molar-refractivity contribution in [1.82, 2.24) is 4.90 Å². The quantitative estimate of drug-likeness (QED) is 0.889. The summed E-state index contributed by atoms with van der Waals surface area (Å²) in [7, 11) is 2.21. The van der Waals surface area contributed by atoms with E-state index in [0.717, 1.165) is 6.42 Å². The van der Waals surface area contributed by atoms with Gasteiger partial charge in [-0.05, 0) is 62.5 Å². The Morgan fingerprint density at radius 2 is 1.68 bits per heavy atom. The van der Waals surface area contributed by atoms with Crippen molar-refractivity contribution in [2.45, 2.75) is 46.1 Å². The van der Waals surface area contributed by atoms with Crippen LogP contribution in [0.3, 0.4) is 0 Å². The molecule has 1 heterocycles. The van der Waals surface area contributed by atoms with Crippen LogP contribution in [0.25, 0.3) is 0 Å². The third kappa shape index (κ3) is 4.87. The molecular formula is C17H28N2. The molecule has 1 aliphatic heterocycles. The first-order valence-electron chi connectivity index (χ1n) is 7.46. The van der Waals surface area contributed by atoms with Gasteiger partial charge in [-0.3, -0.25) is 0 Å². The van der Waals surface area contributed by atoms with Crippen molar-refractivity contribution >= 4 is 5.69 Å². The molecule has 0 unspecified atom stereocenters. The molecule has 106 valence electrons. The van der Waals surface area contributed by atoms with E-state index in [0.29, 0.717) is 11.5 Å². The van der Waals surface area contributed by atoms with E-state index < -0.39 is 0 Å². The van der Waals surface area contributed by atoms with E-state index in [9.17, 15) is 0 Å². The molecule has 0 atom stereocenters. The maximum absolute atomic E-state index is 3.66. The summed E-state index contributed by atoms with van der Waals surface area (Å²) < 4.78 is 0. The van der Waals surface area contributed by atoms with Crippen molar-refractivity contribution in [2.24, 2.45) is 5.41 Å². The smallest absolute Gasteiger partial charge is 0.0342 e. The Hall–Kier alpha value is -1.02. The first-order valence-corrected chi connectivity index (χ1v) is 7.46. The fourth-order valence-electron chi connectivity index (χ4n) is 2.72. The van der Waals surface area contributed by atoms with Crippen LogP contribution < -0.4 is 5.32 Å². The molecule has 1 aliphatic rings. The Morgan fingerprint density at radius 1 is 1.11 bits per heavy atom. The van der Waals surface area contributed by atoms with Crippen LogP contribution in [0.2, 0.25) is 0 Å². The first kappa shape index (κ1) is 14.4. The molecule has 0 amide bonds. The molecular weight excluding hydrogens is 232 g/mol. The van der Waals surface area contributed by atoms with E-state index in [2.05, 4.69) is 62.3 Å². The second-order valence-corrected chi connectivity index (χ2v) is 7.16. The van der Waals surface area contributed by atoms with Gasteiger partial charge in [-0.1, -0.05) is 32.9 Å². The summed E-state index contributed by atoms with van der Waals surface area (Å²) in [5.41, 5.74) is 3.07. The predicted octanol–water partition coefficient (Wildman–Crippen LogP) is 3.78. The van der Waals surface area contributed by atoms with Crippen molar-refractivity contribution in [2.75, 3.05) is 25.5 Å². The van der Waals surface area contributed by atoms with E-state index in [1.165, 1.54) is 37.2 Å². The van der Waals surface area contributed by atoms with Crippen molar-refractivity contribution in [3.8, 4) is 0 Å². The molecule has 19 heavy (non-hydrogen) atoms. The Bertz CT molecular complexity index is 381. The summed E-state index contributed by atoms with van der Waals surface area (Å²) in [6.07, 6.45) is 3.64. The molecule has 0 aliphatic carbocycles. The van der Waals surface area contributed by atoms with Crippen molar-refractivity contribution < 1.29 is 0 Å². The molecule has 2 heteroatoms. The van der Waals surface area contributed by atoms with Crippen molar-refractivity contribution in [3.63, 3.8) is 0 Å². The van der Waals surface area contributed by atoms with Crippen LogP contribution in [-0.2, 0) is 6.42 Å². The van der Waals surface area contributed by atoms with Gasteiger partial charge in [0.05, 0.1) is 0 Å². The lowest BCUT2D eigenvalue weighted by Gasteiger charge is -2.30. The minimum Gasteiger partial charge on any atom is -0.382 e. The van der Waals surface area contributed by atoms with Gasteiger partial charge in [-0.15, -0.1) is 0 Å². The van der Waals surface area contributed by atoms with Gasteiger partial charge >= 0.3 is 0 Å². The summed E-state index contributed by atoms with van der Waals surface area (Å²) in [5.74, 6) is 0. The van der Waals surface area contributed by atoms with Gasteiger partial charge in [0.2, 0.25) is 0 Å². The highest BCUT2D eigenvalue weighted by atomic mass is 15.1. The number of hydrogen-bond acceptors (Lipinski definition) is 2. The lowest BCUT2D eigenvalue weighted by Crippen LogP contribution is -2.36. The topological polar surface area (TPSA) is 15.3 Å². The van der Waals surface area contributed by atoms with Crippen LogP contribution >= 0.6 is 0 Å². The van der Waals surface area contributed by atoms with Crippen molar-refractivity contribution in [3.05, 3.63) is 29.8 Å². The van der Waals surface area contributed by atoms with Crippen LogP contribution in [0, 0.1) is 5.41 Å². The average Bonchev–Trinajstić information content (AvgIpc) is 2.33. The maximum Gasteiger partial charge on any atom is 0.0342 e. The van der Waals surface area contributed by atoms with Crippen LogP contribution in [0.1, 0.15) is 39.2 Å². The molecule has 0 bridgehead atoms.